The lowest BCUT2D eigenvalue weighted by atomic mass is 10.3. The summed E-state index contributed by atoms with van der Waals surface area (Å²) >= 11 is 0. The summed E-state index contributed by atoms with van der Waals surface area (Å²) in [4.78, 5) is 19.6. The fraction of sp³-hybridized carbons (Fsp3) is 0.214. The van der Waals surface area contributed by atoms with Crippen LogP contribution in [0.15, 0.2) is 41.6 Å². The maximum absolute atomic E-state index is 11.4. The van der Waals surface area contributed by atoms with E-state index in [1.807, 2.05) is 0 Å². The standard InChI is InChI=1S/C14H16N4O3S/c1-3-13(19)17-11-8-15-14(16-9-11)18-10-4-6-12(7-5-10)22(2,20)21/h4-9H,3H2,1-2H3,(H,17,19)(H,15,16,18). The molecule has 0 spiro atoms. The summed E-state index contributed by atoms with van der Waals surface area (Å²) in [6.45, 7) is 1.76. The van der Waals surface area contributed by atoms with Crippen molar-refractivity contribution in [2.45, 2.75) is 18.2 Å². The lowest BCUT2D eigenvalue weighted by molar-refractivity contribution is -0.115. The zero-order valence-electron chi connectivity index (χ0n) is 12.2. The average molecular weight is 320 g/mol. The van der Waals surface area contributed by atoms with Gasteiger partial charge in [-0.1, -0.05) is 6.92 Å². The van der Waals surface area contributed by atoms with Gasteiger partial charge in [0, 0.05) is 18.4 Å². The van der Waals surface area contributed by atoms with E-state index in [2.05, 4.69) is 20.6 Å². The second kappa shape index (κ2) is 6.52. The maximum Gasteiger partial charge on any atom is 0.227 e. The number of rotatable bonds is 5. The van der Waals surface area contributed by atoms with E-state index in [1.165, 1.54) is 24.5 Å². The van der Waals surface area contributed by atoms with Gasteiger partial charge in [-0.15, -0.1) is 0 Å². The lowest BCUT2D eigenvalue weighted by Crippen LogP contribution is -2.10. The third kappa shape index (κ3) is 4.26. The Hall–Kier alpha value is -2.48. The molecule has 22 heavy (non-hydrogen) atoms. The minimum absolute atomic E-state index is 0.110. The summed E-state index contributed by atoms with van der Waals surface area (Å²) in [6, 6.07) is 6.28. The molecule has 0 saturated carbocycles. The highest BCUT2D eigenvalue weighted by molar-refractivity contribution is 7.90. The molecule has 0 fully saturated rings. The third-order valence-corrected chi connectivity index (χ3v) is 3.92. The fourth-order valence-electron chi connectivity index (χ4n) is 1.62. The Morgan fingerprint density at radius 2 is 1.68 bits per heavy atom. The van der Waals surface area contributed by atoms with Crippen LogP contribution in [0.1, 0.15) is 13.3 Å². The number of hydrogen-bond acceptors (Lipinski definition) is 6. The lowest BCUT2D eigenvalue weighted by Gasteiger charge is -2.07. The molecular weight excluding hydrogens is 304 g/mol. The molecule has 0 atom stereocenters. The molecular formula is C14H16N4O3S. The van der Waals surface area contributed by atoms with Crippen LogP contribution < -0.4 is 10.6 Å². The number of nitrogens with one attached hydrogen (secondary N) is 2. The number of hydrogen-bond donors (Lipinski definition) is 2. The van der Waals surface area contributed by atoms with Gasteiger partial charge in [-0.25, -0.2) is 18.4 Å². The van der Waals surface area contributed by atoms with Gasteiger partial charge >= 0.3 is 0 Å². The molecule has 8 heteroatoms. The normalized spacial score (nSPS) is 11.0. The number of amides is 1. The zero-order chi connectivity index (χ0) is 16.2. The van der Waals surface area contributed by atoms with E-state index >= 15 is 0 Å². The van der Waals surface area contributed by atoms with Crippen LogP contribution in [0.2, 0.25) is 0 Å². The van der Waals surface area contributed by atoms with Crippen molar-refractivity contribution in [2.75, 3.05) is 16.9 Å². The van der Waals surface area contributed by atoms with E-state index in [9.17, 15) is 13.2 Å². The summed E-state index contributed by atoms with van der Waals surface area (Å²) in [5.41, 5.74) is 1.18. The predicted octanol–water partition coefficient (Wildman–Crippen LogP) is 1.97. The van der Waals surface area contributed by atoms with E-state index < -0.39 is 9.84 Å². The highest BCUT2D eigenvalue weighted by atomic mass is 32.2. The van der Waals surface area contributed by atoms with Crippen molar-refractivity contribution in [3.8, 4) is 0 Å². The molecule has 1 heterocycles. The molecule has 116 valence electrons. The monoisotopic (exact) mass is 320 g/mol. The second-order valence-corrected chi connectivity index (χ2v) is 6.63. The summed E-state index contributed by atoms with van der Waals surface area (Å²) in [5, 5.41) is 5.60. The van der Waals surface area contributed by atoms with E-state index in [-0.39, 0.29) is 10.8 Å². The van der Waals surface area contributed by atoms with Crippen molar-refractivity contribution in [3.05, 3.63) is 36.7 Å². The molecule has 0 aliphatic rings. The van der Waals surface area contributed by atoms with Gasteiger partial charge in [0.15, 0.2) is 9.84 Å². The predicted molar refractivity (Wildman–Crippen MR) is 83.8 cm³/mol. The van der Waals surface area contributed by atoms with Crippen LogP contribution in [0.3, 0.4) is 0 Å². The minimum atomic E-state index is -3.21. The van der Waals surface area contributed by atoms with Crippen LogP contribution in [0.25, 0.3) is 0 Å². The Kier molecular flexibility index (Phi) is 4.71. The SMILES string of the molecule is CCC(=O)Nc1cnc(Nc2ccc(S(C)(=O)=O)cc2)nc1. The number of sulfone groups is 1. The molecule has 2 N–H and O–H groups in total. The topological polar surface area (TPSA) is 101 Å². The zero-order valence-corrected chi connectivity index (χ0v) is 13.0. The fourth-order valence-corrected chi connectivity index (χ4v) is 2.25. The van der Waals surface area contributed by atoms with Crippen molar-refractivity contribution in [2.24, 2.45) is 0 Å². The molecule has 0 radical (unpaired) electrons. The van der Waals surface area contributed by atoms with Gasteiger partial charge in [0.25, 0.3) is 0 Å². The first kappa shape index (κ1) is 15.9. The minimum Gasteiger partial charge on any atom is -0.324 e. The smallest absolute Gasteiger partial charge is 0.227 e. The first-order valence-electron chi connectivity index (χ1n) is 6.57. The molecule has 0 unspecified atom stereocenters. The van der Waals surface area contributed by atoms with Crippen molar-refractivity contribution in [1.29, 1.82) is 0 Å². The van der Waals surface area contributed by atoms with Gasteiger partial charge in [0.1, 0.15) is 0 Å². The van der Waals surface area contributed by atoms with E-state index in [4.69, 9.17) is 0 Å². The van der Waals surface area contributed by atoms with Crippen LogP contribution in [0.5, 0.6) is 0 Å². The van der Waals surface area contributed by atoms with Gasteiger partial charge in [0.05, 0.1) is 23.0 Å². The quantitative estimate of drug-likeness (QED) is 0.873. The van der Waals surface area contributed by atoms with Crippen molar-refractivity contribution in [1.82, 2.24) is 9.97 Å². The van der Waals surface area contributed by atoms with Gasteiger partial charge in [-0.2, -0.15) is 0 Å². The highest BCUT2D eigenvalue weighted by Gasteiger charge is 2.06. The number of benzene rings is 1. The number of aromatic nitrogens is 2. The highest BCUT2D eigenvalue weighted by Crippen LogP contribution is 2.17. The number of carbonyl (C=O) groups is 1. The number of carbonyl (C=O) groups excluding carboxylic acids is 1. The molecule has 1 aromatic heterocycles. The molecule has 1 amide bonds. The Morgan fingerprint density at radius 1 is 1.09 bits per heavy atom. The van der Waals surface area contributed by atoms with Crippen LogP contribution >= 0.6 is 0 Å². The Bertz CT molecular complexity index is 756. The largest absolute Gasteiger partial charge is 0.324 e. The Labute approximate surface area is 128 Å². The number of anilines is 3. The summed E-state index contributed by atoms with van der Waals surface area (Å²) in [7, 11) is -3.21. The summed E-state index contributed by atoms with van der Waals surface area (Å²) < 4.78 is 22.7. The molecule has 2 rings (SSSR count). The molecule has 1 aromatic carbocycles. The number of nitrogens with zero attached hydrogens (tertiary/aromatic N) is 2. The van der Waals surface area contributed by atoms with E-state index in [1.54, 1.807) is 19.1 Å². The van der Waals surface area contributed by atoms with Crippen molar-refractivity contribution >= 4 is 33.1 Å². The van der Waals surface area contributed by atoms with Crippen LogP contribution in [-0.4, -0.2) is 30.5 Å². The molecule has 2 aromatic rings. The van der Waals surface area contributed by atoms with E-state index in [0.29, 0.717) is 23.7 Å². The second-order valence-electron chi connectivity index (χ2n) is 4.62. The van der Waals surface area contributed by atoms with E-state index in [0.717, 1.165) is 6.26 Å². The Morgan fingerprint density at radius 3 is 2.18 bits per heavy atom. The average Bonchev–Trinajstić information content (AvgIpc) is 2.49. The molecule has 0 aliphatic heterocycles. The third-order valence-electron chi connectivity index (χ3n) is 2.80. The molecule has 0 aliphatic carbocycles. The van der Waals surface area contributed by atoms with Crippen molar-refractivity contribution in [3.63, 3.8) is 0 Å². The molecule has 0 bridgehead atoms. The maximum atomic E-state index is 11.4. The van der Waals surface area contributed by atoms with Crippen molar-refractivity contribution < 1.29 is 13.2 Å². The van der Waals surface area contributed by atoms with Crippen LogP contribution in [0, 0.1) is 0 Å². The van der Waals surface area contributed by atoms with Crippen LogP contribution in [0.4, 0.5) is 17.3 Å². The van der Waals surface area contributed by atoms with Gasteiger partial charge in [-0.05, 0) is 24.3 Å². The summed E-state index contributed by atoms with van der Waals surface area (Å²) in [6.07, 6.45) is 4.52. The first-order chi connectivity index (χ1) is 10.4. The van der Waals surface area contributed by atoms with Gasteiger partial charge < -0.3 is 10.6 Å². The molecule has 7 nitrogen and oxygen atoms in total. The summed E-state index contributed by atoms with van der Waals surface area (Å²) in [5.74, 6) is 0.238. The first-order valence-corrected chi connectivity index (χ1v) is 8.46. The van der Waals surface area contributed by atoms with Gasteiger partial charge in [0.2, 0.25) is 11.9 Å². The molecule has 0 saturated heterocycles. The Balaban J connectivity index is 2.06. The van der Waals surface area contributed by atoms with Gasteiger partial charge in [-0.3, -0.25) is 4.79 Å². The van der Waals surface area contributed by atoms with Crippen LogP contribution in [-0.2, 0) is 14.6 Å².